The largest absolute Gasteiger partial charge is 0.323 e. The van der Waals surface area contributed by atoms with E-state index in [9.17, 15) is 4.79 Å². The molecule has 1 saturated heterocycles. The predicted molar refractivity (Wildman–Crippen MR) is 120 cm³/mol. The summed E-state index contributed by atoms with van der Waals surface area (Å²) >= 11 is 0. The van der Waals surface area contributed by atoms with Crippen molar-refractivity contribution in [1.29, 1.82) is 0 Å². The molecule has 0 spiro atoms. The second kappa shape index (κ2) is 7.83. The summed E-state index contributed by atoms with van der Waals surface area (Å²) in [4.78, 5) is 19.6. The number of nitrogens with zero attached hydrogens (tertiary/aromatic N) is 5. The van der Waals surface area contributed by atoms with Crippen molar-refractivity contribution in [2.45, 2.75) is 31.8 Å². The molecule has 1 N–H and O–H groups in total. The number of aromatic nitrogens is 4. The topological polar surface area (TPSA) is 75.9 Å². The fraction of sp³-hybridized carbons (Fsp3) is 0.250. The summed E-state index contributed by atoms with van der Waals surface area (Å²) < 4.78 is 2.01. The van der Waals surface area contributed by atoms with Crippen molar-refractivity contribution in [2.24, 2.45) is 0 Å². The van der Waals surface area contributed by atoms with Crippen LogP contribution in [-0.4, -0.2) is 37.2 Å². The van der Waals surface area contributed by atoms with E-state index in [4.69, 9.17) is 0 Å². The summed E-state index contributed by atoms with van der Waals surface area (Å²) in [6.45, 7) is 2.77. The fourth-order valence-corrected chi connectivity index (χ4v) is 4.28. The first-order valence-corrected chi connectivity index (χ1v) is 10.5. The van der Waals surface area contributed by atoms with Gasteiger partial charge in [-0.15, -0.1) is 5.10 Å². The maximum atomic E-state index is 13.3. The van der Waals surface area contributed by atoms with E-state index in [0.29, 0.717) is 12.4 Å². The molecule has 31 heavy (non-hydrogen) atoms. The molecule has 2 amide bonds. The lowest BCUT2D eigenvalue weighted by atomic mass is 9.96. The van der Waals surface area contributed by atoms with E-state index in [-0.39, 0.29) is 6.03 Å². The number of rotatable bonds is 3. The van der Waals surface area contributed by atoms with Gasteiger partial charge in [0, 0.05) is 18.4 Å². The number of benzene rings is 2. The number of fused-ring (bicyclic) bond motifs is 1. The Morgan fingerprint density at radius 1 is 1.00 bits per heavy atom. The zero-order valence-corrected chi connectivity index (χ0v) is 17.4. The van der Waals surface area contributed by atoms with Crippen LogP contribution in [0, 0.1) is 0 Å². The molecular formula is C24H24N6O. The third-order valence-corrected chi connectivity index (χ3v) is 6.10. The number of hydrogen-bond acceptors (Lipinski definition) is 4. The van der Waals surface area contributed by atoms with E-state index >= 15 is 0 Å². The smallest absolute Gasteiger partial charge is 0.315 e. The van der Waals surface area contributed by atoms with Gasteiger partial charge in [-0.2, -0.15) is 5.10 Å². The molecule has 0 radical (unpaired) electrons. The normalized spacial score (nSPS) is 18.8. The van der Waals surface area contributed by atoms with Crippen LogP contribution in [0.4, 0.5) is 10.5 Å². The molecule has 7 nitrogen and oxygen atoms in total. The summed E-state index contributed by atoms with van der Waals surface area (Å²) in [5.74, 6) is 0.616. The lowest BCUT2D eigenvalue weighted by molar-refractivity contribution is 0.0357. The van der Waals surface area contributed by atoms with E-state index < -0.39 is 5.66 Å². The molecule has 1 unspecified atom stereocenters. The molecule has 2 aromatic carbocycles. The van der Waals surface area contributed by atoms with E-state index in [1.165, 1.54) is 0 Å². The van der Waals surface area contributed by atoms with Gasteiger partial charge in [0.2, 0.25) is 0 Å². The number of carbonyl (C=O) groups is 1. The minimum atomic E-state index is -0.509. The SMILES string of the molecule is CC1(n2cnc3nncc-3c2)CCCCN1C(=O)Nc1ccc(-c2ccccc2)cc1. The van der Waals surface area contributed by atoms with Gasteiger partial charge >= 0.3 is 6.03 Å². The second-order valence-corrected chi connectivity index (χ2v) is 8.10. The molecule has 5 rings (SSSR count). The first kappa shape index (κ1) is 19.2. The maximum absolute atomic E-state index is 13.3. The highest BCUT2D eigenvalue weighted by molar-refractivity contribution is 5.90. The molecule has 1 atom stereocenters. The van der Waals surface area contributed by atoms with Gasteiger partial charge in [-0.25, -0.2) is 9.78 Å². The van der Waals surface area contributed by atoms with Crippen LogP contribution in [0.3, 0.4) is 0 Å². The molecule has 3 aliphatic rings. The molecule has 1 fully saturated rings. The van der Waals surface area contributed by atoms with Crippen molar-refractivity contribution in [3.63, 3.8) is 0 Å². The highest BCUT2D eigenvalue weighted by Crippen LogP contribution is 2.34. The molecular weight excluding hydrogens is 388 g/mol. The van der Waals surface area contributed by atoms with Crippen molar-refractivity contribution in [1.82, 2.24) is 24.6 Å². The van der Waals surface area contributed by atoms with Gasteiger partial charge in [-0.1, -0.05) is 42.5 Å². The van der Waals surface area contributed by atoms with Crippen LogP contribution in [0.15, 0.2) is 73.3 Å². The summed E-state index contributed by atoms with van der Waals surface area (Å²) in [6.07, 6.45) is 8.30. The number of carbonyl (C=O) groups excluding carboxylic acids is 1. The minimum Gasteiger partial charge on any atom is -0.315 e. The molecule has 0 bridgehead atoms. The van der Waals surface area contributed by atoms with E-state index in [1.807, 2.05) is 58.1 Å². The van der Waals surface area contributed by atoms with Gasteiger partial charge < -0.3 is 14.8 Å². The number of amides is 2. The van der Waals surface area contributed by atoms with Crippen molar-refractivity contribution in [3.05, 3.63) is 73.3 Å². The second-order valence-electron chi connectivity index (χ2n) is 8.10. The van der Waals surface area contributed by atoms with Crippen LogP contribution in [0.25, 0.3) is 22.5 Å². The number of piperidine rings is 1. The number of hydrogen-bond donors (Lipinski definition) is 1. The molecule has 3 heterocycles. The Balaban J connectivity index is 1.38. The average Bonchev–Trinajstić information content (AvgIpc) is 3.28. The standard InChI is InChI=1S/C24H24N6O/c1-24(29-16-20-15-26-28-22(20)25-17-29)13-5-6-14-30(24)23(31)27-21-11-9-19(10-12-21)18-7-3-2-4-8-18/h2-4,7-12,15-17H,5-6,13-14H2,1H3,(H,27,31). The van der Waals surface area contributed by atoms with E-state index in [1.54, 1.807) is 12.5 Å². The van der Waals surface area contributed by atoms with Gasteiger partial charge in [0.1, 0.15) is 5.66 Å². The number of anilines is 1. The molecule has 0 aliphatic carbocycles. The van der Waals surface area contributed by atoms with Crippen LogP contribution in [0.5, 0.6) is 0 Å². The third kappa shape index (κ3) is 3.63. The number of urea groups is 1. The van der Waals surface area contributed by atoms with Crippen molar-refractivity contribution < 1.29 is 4.79 Å². The van der Waals surface area contributed by atoms with E-state index in [0.717, 1.165) is 41.6 Å². The summed E-state index contributed by atoms with van der Waals surface area (Å²) in [5.41, 5.74) is 3.41. The zero-order valence-electron chi connectivity index (χ0n) is 17.4. The van der Waals surface area contributed by atoms with Gasteiger partial charge in [-0.05, 0) is 49.4 Å². The zero-order chi connectivity index (χ0) is 21.3. The Kier molecular flexibility index (Phi) is 4.86. The Morgan fingerprint density at radius 2 is 1.77 bits per heavy atom. The van der Waals surface area contributed by atoms with Crippen LogP contribution in [0.2, 0.25) is 0 Å². The van der Waals surface area contributed by atoms with Crippen molar-refractivity contribution in [3.8, 4) is 22.5 Å². The maximum Gasteiger partial charge on any atom is 0.323 e. The minimum absolute atomic E-state index is 0.110. The Labute approximate surface area is 181 Å². The lowest BCUT2D eigenvalue weighted by Crippen LogP contribution is -2.55. The van der Waals surface area contributed by atoms with Gasteiger partial charge in [0.05, 0.1) is 18.1 Å². The highest BCUT2D eigenvalue weighted by atomic mass is 16.2. The van der Waals surface area contributed by atoms with Crippen molar-refractivity contribution >= 4 is 11.7 Å². The third-order valence-electron chi connectivity index (χ3n) is 6.10. The Hall–Kier alpha value is -3.74. The number of likely N-dealkylation sites (tertiary alicyclic amines) is 1. The molecule has 0 aromatic heterocycles. The van der Waals surface area contributed by atoms with Crippen LogP contribution in [0.1, 0.15) is 26.2 Å². The summed E-state index contributed by atoms with van der Waals surface area (Å²) in [7, 11) is 0. The van der Waals surface area contributed by atoms with Gasteiger partial charge in [0.25, 0.3) is 0 Å². The van der Waals surface area contributed by atoms with Gasteiger partial charge in [-0.3, -0.25) is 0 Å². The average molecular weight is 412 g/mol. The molecule has 0 saturated carbocycles. The van der Waals surface area contributed by atoms with Crippen LogP contribution >= 0.6 is 0 Å². The first-order valence-electron chi connectivity index (χ1n) is 10.5. The fourth-order valence-electron chi connectivity index (χ4n) is 4.28. The van der Waals surface area contributed by atoms with E-state index in [2.05, 4.69) is 39.6 Å². The Morgan fingerprint density at radius 3 is 2.58 bits per heavy atom. The monoisotopic (exact) mass is 412 g/mol. The molecule has 2 aromatic rings. The predicted octanol–water partition coefficient (Wildman–Crippen LogP) is 4.84. The van der Waals surface area contributed by atoms with Crippen LogP contribution in [-0.2, 0) is 5.66 Å². The Bertz CT molecular complexity index is 1160. The first-order chi connectivity index (χ1) is 15.1. The quantitative estimate of drug-likeness (QED) is 0.523. The molecule has 3 aliphatic heterocycles. The summed E-state index contributed by atoms with van der Waals surface area (Å²) in [5, 5.41) is 11.0. The summed E-state index contributed by atoms with van der Waals surface area (Å²) in [6, 6.07) is 18.0. The van der Waals surface area contributed by atoms with Gasteiger partial charge in [0.15, 0.2) is 5.82 Å². The lowest BCUT2D eigenvalue weighted by Gasteiger charge is -2.46. The number of nitrogens with one attached hydrogen (secondary N) is 1. The highest BCUT2D eigenvalue weighted by Gasteiger charge is 2.39. The molecule has 7 heteroatoms. The van der Waals surface area contributed by atoms with Crippen molar-refractivity contribution in [2.75, 3.05) is 11.9 Å². The van der Waals surface area contributed by atoms with Crippen LogP contribution < -0.4 is 5.32 Å². The molecule has 156 valence electrons.